The van der Waals surface area contributed by atoms with Crippen molar-refractivity contribution in [3.63, 3.8) is 0 Å². The average molecular weight is 196 g/mol. The van der Waals surface area contributed by atoms with Crippen LogP contribution >= 0.6 is 0 Å². The van der Waals surface area contributed by atoms with Gasteiger partial charge in [-0.05, 0) is 26.7 Å². The maximum absolute atomic E-state index is 11.5. The lowest BCUT2D eigenvalue weighted by atomic mass is 9.94. The summed E-state index contributed by atoms with van der Waals surface area (Å²) in [5, 5.41) is 11.4. The SMILES string of the molecule is CC(C#N)C(=O)NC1(C)CCCOC1. The third-order valence-electron chi connectivity index (χ3n) is 2.45. The second kappa shape index (κ2) is 4.43. The van der Waals surface area contributed by atoms with Gasteiger partial charge in [0.1, 0.15) is 5.92 Å². The predicted octanol–water partition coefficient (Wildman–Crippen LogP) is 0.831. The van der Waals surface area contributed by atoms with Crippen molar-refractivity contribution in [2.75, 3.05) is 13.2 Å². The molecule has 0 aromatic rings. The van der Waals surface area contributed by atoms with E-state index in [4.69, 9.17) is 10.00 Å². The first-order valence-corrected chi connectivity index (χ1v) is 4.87. The monoisotopic (exact) mass is 196 g/mol. The van der Waals surface area contributed by atoms with E-state index in [9.17, 15) is 4.79 Å². The highest BCUT2D eigenvalue weighted by Crippen LogP contribution is 2.18. The molecule has 2 unspecified atom stereocenters. The smallest absolute Gasteiger partial charge is 0.237 e. The second-order valence-electron chi connectivity index (χ2n) is 4.06. The molecule has 4 heteroatoms. The summed E-state index contributed by atoms with van der Waals surface area (Å²) >= 11 is 0. The van der Waals surface area contributed by atoms with Crippen molar-refractivity contribution in [2.45, 2.75) is 32.2 Å². The van der Waals surface area contributed by atoms with Crippen LogP contribution in [-0.4, -0.2) is 24.7 Å². The number of hydrogen-bond donors (Lipinski definition) is 1. The van der Waals surface area contributed by atoms with E-state index in [0.29, 0.717) is 6.61 Å². The minimum absolute atomic E-state index is 0.208. The molecule has 1 fully saturated rings. The van der Waals surface area contributed by atoms with Crippen LogP contribution in [0.1, 0.15) is 26.7 Å². The van der Waals surface area contributed by atoms with Gasteiger partial charge in [-0.2, -0.15) is 5.26 Å². The van der Waals surface area contributed by atoms with Gasteiger partial charge in [0.05, 0.1) is 18.2 Å². The van der Waals surface area contributed by atoms with Gasteiger partial charge in [0, 0.05) is 6.61 Å². The van der Waals surface area contributed by atoms with Crippen molar-refractivity contribution in [2.24, 2.45) is 5.92 Å². The highest BCUT2D eigenvalue weighted by molar-refractivity contribution is 5.81. The van der Waals surface area contributed by atoms with Gasteiger partial charge in [0.2, 0.25) is 5.91 Å². The number of hydrogen-bond acceptors (Lipinski definition) is 3. The van der Waals surface area contributed by atoms with Crippen LogP contribution in [0.3, 0.4) is 0 Å². The largest absolute Gasteiger partial charge is 0.379 e. The van der Waals surface area contributed by atoms with E-state index in [0.717, 1.165) is 19.4 Å². The third kappa shape index (κ3) is 2.71. The van der Waals surface area contributed by atoms with E-state index >= 15 is 0 Å². The van der Waals surface area contributed by atoms with Crippen molar-refractivity contribution in [1.29, 1.82) is 5.26 Å². The highest BCUT2D eigenvalue weighted by atomic mass is 16.5. The van der Waals surface area contributed by atoms with E-state index in [1.165, 1.54) is 0 Å². The van der Waals surface area contributed by atoms with Crippen molar-refractivity contribution < 1.29 is 9.53 Å². The molecule has 0 bridgehead atoms. The number of amides is 1. The van der Waals surface area contributed by atoms with E-state index in [1.807, 2.05) is 13.0 Å². The molecule has 1 amide bonds. The topological polar surface area (TPSA) is 62.1 Å². The highest BCUT2D eigenvalue weighted by Gasteiger charge is 2.30. The fraction of sp³-hybridized carbons (Fsp3) is 0.800. The molecule has 0 spiro atoms. The van der Waals surface area contributed by atoms with Crippen LogP contribution < -0.4 is 5.32 Å². The fourth-order valence-electron chi connectivity index (χ4n) is 1.50. The average Bonchev–Trinajstić information content (AvgIpc) is 2.17. The number of rotatable bonds is 2. The van der Waals surface area contributed by atoms with Crippen LogP contribution in [0.4, 0.5) is 0 Å². The quantitative estimate of drug-likeness (QED) is 0.711. The van der Waals surface area contributed by atoms with Crippen LogP contribution in [0.25, 0.3) is 0 Å². The van der Waals surface area contributed by atoms with Gasteiger partial charge >= 0.3 is 0 Å². The van der Waals surface area contributed by atoms with Gasteiger partial charge in [-0.25, -0.2) is 0 Å². The zero-order chi connectivity index (χ0) is 10.6. The summed E-state index contributed by atoms with van der Waals surface area (Å²) in [4.78, 5) is 11.5. The normalized spacial score (nSPS) is 28.9. The van der Waals surface area contributed by atoms with Gasteiger partial charge < -0.3 is 10.1 Å². The lowest BCUT2D eigenvalue weighted by Gasteiger charge is -2.34. The number of carbonyl (C=O) groups is 1. The summed E-state index contributed by atoms with van der Waals surface area (Å²) in [7, 11) is 0. The van der Waals surface area contributed by atoms with Crippen LogP contribution in [0.15, 0.2) is 0 Å². The van der Waals surface area contributed by atoms with Gasteiger partial charge in [0.15, 0.2) is 0 Å². The molecule has 0 aliphatic carbocycles. The summed E-state index contributed by atoms with van der Waals surface area (Å²) in [5.74, 6) is -0.797. The molecule has 1 N–H and O–H groups in total. The zero-order valence-electron chi connectivity index (χ0n) is 8.67. The molecule has 1 heterocycles. The Bertz CT molecular complexity index is 251. The Kier molecular flexibility index (Phi) is 3.48. The molecular formula is C10H16N2O2. The van der Waals surface area contributed by atoms with Crippen molar-refractivity contribution in [3.05, 3.63) is 0 Å². The van der Waals surface area contributed by atoms with Crippen molar-refractivity contribution >= 4 is 5.91 Å². The second-order valence-corrected chi connectivity index (χ2v) is 4.06. The predicted molar refractivity (Wildman–Crippen MR) is 51.4 cm³/mol. The summed E-state index contributed by atoms with van der Waals surface area (Å²) < 4.78 is 5.30. The molecule has 14 heavy (non-hydrogen) atoms. The Hall–Kier alpha value is -1.08. The Morgan fingerprint density at radius 2 is 2.43 bits per heavy atom. The first kappa shape index (κ1) is 11.0. The molecular weight excluding hydrogens is 180 g/mol. The van der Waals surface area contributed by atoms with Gasteiger partial charge in [-0.3, -0.25) is 4.79 Å². The number of ether oxygens (including phenoxy) is 1. The van der Waals surface area contributed by atoms with Crippen molar-refractivity contribution in [1.82, 2.24) is 5.32 Å². The minimum atomic E-state index is -0.589. The van der Waals surface area contributed by atoms with Gasteiger partial charge in [-0.15, -0.1) is 0 Å². The first-order chi connectivity index (χ1) is 6.57. The maximum atomic E-state index is 11.5. The fourth-order valence-corrected chi connectivity index (χ4v) is 1.50. The van der Waals surface area contributed by atoms with E-state index in [1.54, 1.807) is 6.92 Å². The molecule has 0 radical (unpaired) electrons. The minimum Gasteiger partial charge on any atom is -0.379 e. The molecule has 1 aliphatic heterocycles. The van der Waals surface area contributed by atoms with Crippen LogP contribution in [0.2, 0.25) is 0 Å². The standard InChI is InChI=1S/C10H16N2O2/c1-8(6-11)9(13)12-10(2)4-3-5-14-7-10/h8H,3-5,7H2,1-2H3,(H,12,13). The molecule has 1 saturated heterocycles. The van der Waals surface area contributed by atoms with Gasteiger partial charge in [0.25, 0.3) is 0 Å². The Morgan fingerprint density at radius 1 is 1.71 bits per heavy atom. The molecule has 0 aromatic carbocycles. The molecule has 78 valence electrons. The summed E-state index contributed by atoms with van der Waals surface area (Å²) in [5.41, 5.74) is -0.291. The molecule has 0 aromatic heterocycles. The van der Waals surface area contributed by atoms with Gasteiger partial charge in [-0.1, -0.05) is 0 Å². The summed E-state index contributed by atoms with van der Waals surface area (Å²) in [6, 6.07) is 1.92. The third-order valence-corrected chi connectivity index (χ3v) is 2.45. The van der Waals surface area contributed by atoms with E-state index < -0.39 is 5.92 Å². The number of nitrogens with one attached hydrogen (secondary N) is 1. The van der Waals surface area contributed by atoms with Crippen molar-refractivity contribution in [3.8, 4) is 6.07 Å². The number of carbonyl (C=O) groups excluding carboxylic acids is 1. The number of nitrogens with zero attached hydrogens (tertiary/aromatic N) is 1. The van der Waals surface area contributed by atoms with Crippen LogP contribution in [0.5, 0.6) is 0 Å². The maximum Gasteiger partial charge on any atom is 0.237 e. The molecule has 4 nitrogen and oxygen atoms in total. The Labute approximate surface area is 84.2 Å². The zero-order valence-corrected chi connectivity index (χ0v) is 8.67. The molecule has 0 saturated carbocycles. The Balaban J connectivity index is 2.50. The Morgan fingerprint density at radius 3 is 2.93 bits per heavy atom. The van der Waals surface area contributed by atoms with E-state index in [2.05, 4.69) is 5.32 Å². The lowest BCUT2D eigenvalue weighted by Crippen LogP contribution is -2.52. The van der Waals surface area contributed by atoms with E-state index in [-0.39, 0.29) is 11.4 Å². The first-order valence-electron chi connectivity index (χ1n) is 4.87. The molecule has 1 aliphatic rings. The summed E-state index contributed by atoms with van der Waals surface area (Å²) in [6.07, 6.45) is 1.87. The summed E-state index contributed by atoms with van der Waals surface area (Å²) in [6.45, 7) is 4.85. The van der Waals surface area contributed by atoms with Crippen LogP contribution in [0, 0.1) is 17.2 Å². The molecule has 2 atom stereocenters. The molecule has 1 rings (SSSR count). The van der Waals surface area contributed by atoms with Crippen LogP contribution in [-0.2, 0) is 9.53 Å². The number of nitriles is 1. The lowest BCUT2D eigenvalue weighted by molar-refractivity contribution is -0.126.